The number of nitrogens with zero attached hydrogens (tertiary/aromatic N) is 4. The maximum absolute atomic E-state index is 6.34. The molecule has 0 saturated carbocycles. The molecular formula is C118H76N4. The van der Waals surface area contributed by atoms with Crippen LogP contribution in [0, 0.1) is 5.92 Å². The van der Waals surface area contributed by atoms with Crippen molar-refractivity contribution in [2.24, 2.45) is 5.92 Å². The highest BCUT2D eigenvalue weighted by molar-refractivity contribution is 6.14. The summed E-state index contributed by atoms with van der Waals surface area (Å²) in [6.45, 7) is 0. The molecule has 3 unspecified atom stereocenters. The van der Waals surface area contributed by atoms with Crippen LogP contribution < -0.4 is 0 Å². The fourth-order valence-corrected chi connectivity index (χ4v) is 22.7. The van der Waals surface area contributed by atoms with Crippen LogP contribution in [-0.4, -0.2) is 19.1 Å². The predicted octanol–water partition coefficient (Wildman–Crippen LogP) is 29.7. The molecule has 0 radical (unpaired) electrons. The van der Waals surface area contributed by atoms with E-state index < -0.39 is 10.8 Å². The summed E-state index contributed by atoms with van der Waals surface area (Å²) in [7, 11) is 0. The Morgan fingerprint density at radius 3 is 1.11 bits per heavy atom. The van der Waals surface area contributed by atoms with Gasteiger partial charge in [0.1, 0.15) is 0 Å². The molecule has 0 fully saturated rings. The summed E-state index contributed by atoms with van der Waals surface area (Å²) < 4.78 is 4.91. The first-order chi connectivity index (χ1) is 60.5. The van der Waals surface area contributed by atoms with Gasteiger partial charge in [-0.25, -0.2) is 9.97 Å². The third-order valence-electron chi connectivity index (χ3n) is 27.9. The molecule has 4 heteroatoms. The Bertz CT molecular complexity index is 7830. The van der Waals surface area contributed by atoms with Crippen molar-refractivity contribution in [3.05, 3.63) is 475 Å². The lowest BCUT2D eigenvalue weighted by atomic mass is 9.65. The molecule has 0 saturated heterocycles. The van der Waals surface area contributed by atoms with Crippen LogP contribution in [0.3, 0.4) is 0 Å². The third kappa shape index (κ3) is 9.86. The van der Waals surface area contributed by atoms with Gasteiger partial charge in [0, 0.05) is 67.0 Å². The predicted molar refractivity (Wildman–Crippen MR) is 505 cm³/mol. The van der Waals surface area contributed by atoms with Gasteiger partial charge < -0.3 is 9.13 Å². The zero-order valence-corrected chi connectivity index (χ0v) is 66.8. The Labute approximate surface area is 707 Å². The van der Waals surface area contributed by atoms with Crippen molar-refractivity contribution in [2.75, 3.05) is 0 Å². The summed E-state index contributed by atoms with van der Waals surface area (Å²) in [6.07, 6.45) is 18.3. The molecule has 2 spiro atoms. The molecule has 20 aromatic rings. The molecule has 6 aliphatic rings. The van der Waals surface area contributed by atoms with Crippen LogP contribution in [0.4, 0.5) is 0 Å². The molecule has 122 heavy (non-hydrogen) atoms. The molecule has 3 aromatic heterocycles. The highest BCUT2D eigenvalue weighted by Gasteiger charge is 2.57. The zero-order valence-electron chi connectivity index (χ0n) is 66.8. The Morgan fingerprint density at radius 1 is 0.262 bits per heavy atom. The molecule has 6 aliphatic carbocycles. The number of hydrogen-bond donors (Lipinski definition) is 0. The van der Waals surface area contributed by atoms with Gasteiger partial charge in [0.15, 0.2) is 0 Å². The normalized spacial score (nSPS) is 16.3. The van der Waals surface area contributed by atoms with Crippen molar-refractivity contribution in [3.63, 3.8) is 0 Å². The van der Waals surface area contributed by atoms with E-state index in [1.54, 1.807) is 0 Å². The summed E-state index contributed by atoms with van der Waals surface area (Å²) in [6, 6.07) is 144. The highest BCUT2D eigenvalue weighted by Crippen LogP contribution is 2.67. The standard InChI is InChI=1S/C118H76N4/c1-5-25-73(26-6-1)79-51-63-109-97(67-79)98-68-80(74-27-7-2-8-28-74)52-64-110(98)121(109)85-55-45-77(46-56-85)113-114(78-47-57-86(58-48-78)122-111-65-53-81(75-29-9-3-10-30-75)69-99(111)100-70-82(54-66-112(100)122)76-31-11-4-12-32-76)120-116-88(84-50-60-96-94-38-18-24-44-106(94)118(108(96)72-84)103-41-21-15-35-91(103)92-36-16-22-42-104(92)118)62-61-87(115(116)119-113)83-49-59-95-93-37-17-23-43-105(93)117(107(95)71-83)101-39-19-13-33-89(101)90-34-14-20-40-102(90)117/h1-11,13-31,33-72,89,101H,12,32H2. The lowest BCUT2D eigenvalue weighted by Crippen LogP contribution is -2.33. The Balaban J connectivity index is 0.717. The van der Waals surface area contributed by atoms with Gasteiger partial charge in [-0.1, -0.05) is 340 Å². The zero-order chi connectivity index (χ0) is 79.9. The van der Waals surface area contributed by atoms with Crippen molar-refractivity contribution in [3.8, 4) is 123 Å². The van der Waals surface area contributed by atoms with E-state index in [-0.39, 0.29) is 11.8 Å². The van der Waals surface area contributed by atoms with Gasteiger partial charge in [-0.3, -0.25) is 0 Å². The van der Waals surface area contributed by atoms with E-state index in [2.05, 4.69) is 434 Å². The summed E-state index contributed by atoms with van der Waals surface area (Å²) >= 11 is 0. The van der Waals surface area contributed by atoms with Crippen molar-refractivity contribution in [1.82, 2.24) is 19.1 Å². The average molecular weight is 1550 g/mol. The minimum absolute atomic E-state index is 0.163. The number of hydrogen-bond acceptors (Lipinski definition) is 2. The molecule has 17 aromatic carbocycles. The van der Waals surface area contributed by atoms with Crippen LogP contribution in [0.5, 0.6) is 0 Å². The van der Waals surface area contributed by atoms with Gasteiger partial charge in [0.05, 0.1) is 55.3 Å². The highest BCUT2D eigenvalue weighted by atomic mass is 15.0. The van der Waals surface area contributed by atoms with Gasteiger partial charge in [-0.05, 0) is 231 Å². The van der Waals surface area contributed by atoms with E-state index >= 15 is 0 Å². The minimum Gasteiger partial charge on any atom is -0.309 e. The molecule has 4 nitrogen and oxygen atoms in total. The lowest BCUT2D eigenvalue weighted by Gasteiger charge is -2.36. The average Bonchev–Trinajstić information content (AvgIpc) is 1.51. The molecule has 3 heterocycles. The first-order valence-electron chi connectivity index (χ1n) is 42.9. The SMILES string of the molecule is C1=CCCC(c2ccc3c(c2)c2cc(-c4ccccc4)ccc2n3-c2ccc(-c3nc4c(-c5ccc6c(c5)C5(c7ccccc7-c7ccccc75)c5ccccc5-6)ccc(-c5ccc6c(c5)C5(c7ccccc7-6)c6ccccc6C6C=CC=CC65)c4nc3-c3ccc(-n4c5ccc(-c6ccccc6)cc5c5cc(-c6ccccc6)ccc54)cc3)cc2)=C1. The molecule has 0 amide bonds. The van der Waals surface area contributed by atoms with E-state index in [9.17, 15) is 0 Å². The maximum atomic E-state index is 6.34. The molecule has 0 aliphatic heterocycles. The van der Waals surface area contributed by atoms with Gasteiger partial charge in [-0.15, -0.1) is 0 Å². The lowest BCUT2D eigenvalue weighted by molar-refractivity contribution is 0.465. The molecule has 0 bridgehead atoms. The largest absolute Gasteiger partial charge is 0.309 e. The molecule has 3 atom stereocenters. The summed E-state index contributed by atoms with van der Waals surface area (Å²) in [5.74, 6) is 0.383. The summed E-state index contributed by atoms with van der Waals surface area (Å²) in [5, 5.41) is 4.84. The van der Waals surface area contributed by atoms with Crippen molar-refractivity contribution in [1.29, 1.82) is 0 Å². The fourth-order valence-electron chi connectivity index (χ4n) is 22.7. The van der Waals surface area contributed by atoms with E-state index in [1.807, 2.05) is 0 Å². The van der Waals surface area contributed by atoms with Crippen molar-refractivity contribution >= 4 is 60.2 Å². The Kier molecular flexibility index (Phi) is 15.0. The van der Waals surface area contributed by atoms with E-state index in [0.29, 0.717) is 0 Å². The Hall–Kier alpha value is -15.4. The second-order valence-electron chi connectivity index (χ2n) is 33.9. The van der Waals surface area contributed by atoms with Gasteiger partial charge in [0.2, 0.25) is 0 Å². The molecular weight excluding hydrogens is 1470 g/mol. The quantitative estimate of drug-likeness (QED) is 0.137. The number of fused-ring (bicyclic) bond motifs is 27. The monoisotopic (exact) mass is 1550 g/mol. The van der Waals surface area contributed by atoms with Crippen LogP contribution in [0.25, 0.3) is 183 Å². The molecule has 26 rings (SSSR count). The topological polar surface area (TPSA) is 35.6 Å². The number of allylic oxidation sites excluding steroid dienone is 8. The summed E-state index contributed by atoms with van der Waals surface area (Å²) in [5.41, 5.74) is 43.1. The van der Waals surface area contributed by atoms with Crippen LogP contribution in [0.15, 0.2) is 425 Å². The smallest absolute Gasteiger partial charge is 0.0979 e. The van der Waals surface area contributed by atoms with Crippen LogP contribution in [-0.2, 0) is 10.8 Å². The second kappa shape index (κ2) is 26.6. The van der Waals surface area contributed by atoms with Crippen LogP contribution in [0.1, 0.15) is 68.8 Å². The fraction of sp³-hybridized carbons (Fsp3) is 0.0508. The first kappa shape index (κ1) is 68.7. The number of aromatic nitrogens is 4. The van der Waals surface area contributed by atoms with E-state index in [0.717, 1.165) is 102 Å². The van der Waals surface area contributed by atoms with Crippen LogP contribution in [0.2, 0.25) is 0 Å². The minimum atomic E-state index is -0.565. The van der Waals surface area contributed by atoms with E-state index in [1.165, 1.54) is 144 Å². The van der Waals surface area contributed by atoms with E-state index in [4.69, 9.17) is 9.97 Å². The number of rotatable bonds is 10. The van der Waals surface area contributed by atoms with Gasteiger partial charge in [-0.2, -0.15) is 0 Å². The molecule has 0 N–H and O–H groups in total. The third-order valence-corrected chi connectivity index (χ3v) is 27.9. The van der Waals surface area contributed by atoms with Crippen LogP contribution >= 0.6 is 0 Å². The van der Waals surface area contributed by atoms with Crippen molar-refractivity contribution in [2.45, 2.75) is 29.6 Å². The Morgan fingerprint density at radius 2 is 0.631 bits per heavy atom. The summed E-state index contributed by atoms with van der Waals surface area (Å²) in [4.78, 5) is 12.7. The second-order valence-corrected chi connectivity index (χ2v) is 33.9. The number of benzene rings is 17. The maximum Gasteiger partial charge on any atom is 0.0979 e. The van der Waals surface area contributed by atoms with Crippen molar-refractivity contribution < 1.29 is 0 Å². The first-order valence-corrected chi connectivity index (χ1v) is 42.9. The van der Waals surface area contributed by atoms with Gasteiger partial charge in [0.25, 0.3) is 0 Å². The van der Waals surface area contributed by atoms with Gasteiger partial charge >= 0.3 is 0 Å². The molecule has 568 valence electrons.